The normalized spacial score (nSPS) is 10.6. The largest absolute Gasteiger partial charge is 0.497 e. The minimum Gasteiger partial charge on any atom is -0.497 e. The van der Waals surface area contributed by atoms with Gasteiger partial charge >= 0.3 is 0 Å². The highest BCUT2D eigenvalue weighted by Crippen LogP contribution is 2.22. The summed E-state index contributed by atoms with van der Waals surface area (Å²) >= 11 is 6.04. The molecule has 0 aliphatic heterocycles. The number of benzene rings is 2. The van der Waals surface area contributed by atoms with E-state index < -0.39 is 0 Å². The minimum absolute atomic E-state index is 0. The van der Waals surface area contributed by atoms with Gasteiger partial charge in [-0.05, 0) is 29.8 Å². The van der Waals surface area contributed by atoms with Crippen molar-refractivity contribution in [2.24, 2.45) is 4.99 Å². The Balaban J connectivity index is 0.00000312. The maximum atomic E-state index is 6.04. The molecule has 0 bridgehead atoms. The van der Waals surface area contributed by atoms with Gasteiger partial charge in [0, 0.05) is 13.6 Å². The smallest absolute Gasteiger partial charge is 0.191 e. The van der Waals surface area contributed by atoms with Crippen LogP contribution in [-0.4, -0.2) is 33.3 Å². The van der Waals surface area contributed by atoms with Gasteiger partial charge in [-0.2, -0.15) is 0 Å². The molecule has 2 rings (SSSR count). The Hall–Kier alpha value is -1.67. The summed E-state index contributed by atoms with van der Waals surface area (Å²) in [6.07, 6.45) is 0. The number of hydrogen-bond acceptors (Lipinski definition) is 3. The van der Waals surface area contributed by atoms with E-state index >= 15 is 0 Å². The fourth-order valence-corrected chi connectivity index (χ4v) is 2.23. The van der Waals surface area contributed by atoms with Crippen LogP contribution in [0.15, 0.2) is 53.5 Å². The number of hydrogen-bond donors (Lipinski definition) is 2. The molecule has 25 heavy (non-hydrogen) atoms. The van der Waals surface area contributed by atoms with Gasteiger partial charge in [0.15, 0.2) is 5.96 Å². The topological polar surface area (TPSA) is 54.9 Å². The van der Waals surface area contributed by atoms with Gasteiger partial charge in [0.1, 0.15) is 18.1 Å². The molecule has 2 aromatic rings. The van der Waals surface area contributed by atoms with Crippen molar-refractivity contribution in [2.45, 2.75) is 6.54 Å². The third-order valence-corrected chi connectivity index (χ3v) is 3.64. The summed E-state index contributed by atoms with van der Waals surface area (Å²) in [5.41, 5.74) is 1.14. The molecule has 0 radical (unpaired) electrons. The molecule has 0 heterocycles. The van der Waals surface area contributed by atoms with Crippen LogP contribution in [0.2, 0.25) is 5.02 Å². The first kappa shape index (κ1) is 21.4. The van der Waals surface area contributed by atoms with Crippen molar-refractivity contribution in [3.8, 4) is 11.5 Å². The second-order valence-electron chi connectivity index (χ2n) is 4.98. The summed E-state index contributed by atoms with van der Waals surface area (Å²) in [7, 11) is 3.39. The molecule has 2 N–H and O–H groups in total. The van der Waals surface area contributed by atoms with Crippen LogP contribution in [-0.2, 0) is 6.54 Å². The molecule has 0 unspecified atom stereocenters. The first-order valence-corrected chi connectivity index (χ1v) is 8.05. The third kappa shape index (κ3) is 7.39. The van der Waals surface area contributed by atoms with Crippen molar-refractivity contribution >= 4 is 41.5 Å². The maximum Gasteiger partial charge on any atom is 0.191 e. The predicted molar refractivity (Wildman–Crippen MR) is 114 cm³/mol. The number of rotatable bonds is 7. The highest BCUT2D eigenvalue weighted by molar-refractivity contribution is 14.0. The van der Waals surface area contributed by atoms with E-state index in [1.165, 1.54) is 0 Å². The fraction of sp³-hybridized carbons (Fsp3) is 0.278. The molecular weight excluding hydrogens is 453 g/mol. The lowest BCUT2D eigenvalue weighted by molar-refractivity contribution is 0.322. The number of nitrogens with zero attached hydrogens (tertiary/aromatic N) is 1. The Morgan fingerprint density at radius 2 is 1.80 bits per heavy atom. The Morgan fingerprint density at radius 3 is 2.44 bits per heavy atom. The first-order valence-electron chi connectivity index (χ1n) is 7.67. The summed E-state index contributed by atoms with van der Waals surface area (Å²) in [5.74, 6) is 2.24. The van der Waals surface area contributed by atoms with Gasteiger partial charge in [0.2, 0.25) is 0 Å². The van der Waals surface area contributed by atoms with Crippen molar-refractivity contribution in [3.05, 3.63) is 59.1 Å². The third-order valence-electron chi connectivity index (χ3n) is 3.33. The van der Waals surface area contributed by atoms with E-state index in [0.29, 0.717) is 36.4 Å². The van der Waals surface area contributed by atoms with Crippen LogP contribution in [0.4, 0.5) is 0 Å². The average Bonchev–Trinajstić information content (AvgIpc) is 2.63. The number of ether oxygens (including phenoxy) is 2. The summed E-state index contributed by atoms with van der Waals surface area (Å²) in [4.78, 5) is 4.19. The average molecular weight is 476 g/mol. The van der Waals surface area contributed by atoms with Crippen LogP contribution in [0.1, 0.15) is 5.56 Å². The number of guanidine groups is 1. The molecule has 0 amide bonds. The van der Waals surface area contributed by atoms with Crippen molar-refractivity contribution < 1.29 is 9.47 Å². The molecule has 0 aromatic heterocycles. The summed E-state index contributed by atoms with van der Waals surface area (Å²) < 4.78 is 10.8. The molecule has 0 saturated carbocycles. The number of nitrogens with one attached hydrogen (secondary N) is 2. The second-order valence-corrected chi connectivity index (χ2v) is 5.39. The molecule has 0 aliphatic carbocycles. The highest BCUT2D eigenvalue weighted by atomic mass is 127. The quantitative estimate of drug-likeness (QED) is 0.277. The van der Waals surface area contributed by atoms with Gasteiger partial charge in [-0.3, -0.25) is 4.99 Å². The zero-order chi connectivity index (χ0) is 17.2. The molecule has 0 atom stereocenters. The van der Waals surface area contributed by atoms with Crippen LogP contribution >= 0.6 is 35.6 Å². The highest BCUT2D eigenvalue weighted by Gasteiger charge is 2.01. The fourth-order valence-electron chi connectivity index (χ4n) is 2.04. The van der Waals surface area contributed by atoms with E-state index in [9.17, 15) is 0 Å². The second kappa shape index (κ2) is 11.8. The van der Waals surface area contributed by atoms with E-state index in [0.717, 1.165) is 11.3 Å². The minimum atomic E-state index is 0. The summed E-state index contributed by atoms with van der Waals surface area (Å²) in [6, 6.07) is 15.3. The van der Waals surface area contributed by atoms with Gasteiger partial charge in [-0.1, -0.05) is 35.9 Å². The summed E-state index contributed by atoms with van der Waals surface area (Å²) in [5, 5.41) is 7.06. The predicted octanol–water partition coefficient (Wildman–Crippen LogP) is 3.71. The van der Waals surface area contributed by atoms with Gasteiger partial charge < -0.3 is 20.1 Å². The zero-order valence-electron chi connectivity index (χ0n) is 14.3. The van der Waals surface area contributed by atoms with Crippen LogP contribution in [0, 0.1) is 0 Å². The number of halogens is 2. The monoisotopic (exact) mass is 475 g/mol. The van der Waals surface area contributed by atoms with Crippen LogP contribution < -0.4 is 20.1 Å². The van der Waals surface area contributed by atoms with Gasteiger partial charge in [0.25, 0.3) is 0 Å². The summed E-state index contributed by atoms with van der Waals surface area (Å²) in [6.45, 7) is 1.79. The zero-order valence-corrected chi connectivity index (χ0v) is 17.4. The molecule has 5 nitrogen and oxygen atoms in total. The van der Waals surface area contributed by atoms with Gasteiger partial charge in [-0.25, -0.2) is 0 Å². The van der Waals surface area contributed by atoms with Crippen molar-refractivity contribution in [3.63, 3.8) is 0 Å². The van der Waals surface area contributed by atoms with Crippen molar-refractivity contribution in [1.29, 1.82) is 0 Å². The van der Waals surface area contributed by atoms with Crippen molar-refractivity contribution in [1.82, 2.24) is 10.6 Å². The molecule has 0 aliphatic rings. The van der Waals surface area contributed by atoms with Gasteiger partial charge in [-0.15, -0.1) is 24.0 Å². The number of para-hydroxylation sites is 1. The van der Waals surface area contributed by atoms with E-state index in [4.69, 9.17) is 21.1 Å². The molecule has 2 aromatic carbocycles. The molecule has 0 saturated heterocycles. The molecule has 0 fully saturated rings. The lowest BCUT2D eigenvalue weighted by atomic mass is 10.2. The Kier molecular flexibility index (Phi) is 10.1. The van der Waals surface area contributed by atoms with E-state index in [1.54, 1.807) is 20.2 Å². The molecule has 0 spiro atoms. The lowest BCUT2D eigenvalue weighted by Gasteiger charge is -2.13. The van der Waals surface area contributed by atoms with E-state index in [1.807, 2.05) is 42.5 Å². The SMILES string of the molecule is CN=C(NCCOc1ccccc1Cl)NCc1ccc(OC)cc1.I. The van der Waals surface area contributed by atoms with E-state index in [2.05, 4.69) is 15.6 Å². The number of aliphatic imine (C=N–C) groups is 1. The van der Waals surface area contributed by atoms with Crippen LogP contribution in [0.3, 0.4) is 0 Å². The number of methoxy groups -OCH3 is 1. The van der Waals surface area contributed by atoms with Crippen LogP contribution in [0.25, 0.3) is 0 Å². The first-order chi connectivity index (χ1) is 11.7. The Labute approximate surface area is 170 Å². The molecular formula is C18H23ClIN3O2. The Bertz CT molecular complexity index is 666. The molecule has 136 valence electrons. The standard InChI is InChI=1S/C18H22ClN3O2.HI/c1-20-18(22-13-14-7-9-15(23-2)10-8-14)21-11-12-24-17-6-4-3-5-16(17)19;/h3-10H,11-13H2,1-2H3,(H2,20,21,22);1H. The van der Waals surface area contributed by atoms with Crippen molar-refractivity contribution in [2.75, 3.05) is 27.3 Å². The molecule has 7 heteroatoms. The maximum absolute atomic E-state index is 6.04. The van der Waals surface area contributed by atoms with Crippen LogP contribution in [0.5, 0.6) is 11.5 Å². The van der Waals surface area contributed by atoms with Gasteiger partial charge in [0.05, 0.1) is 18.7 Å². The Morgan fingerprint density at radius 1 is 1.08 bits per heavy atom. The lowest BCUT2D eigenvalue weighted by Crippen LogP contribution is -2.38. The van der Waals surface area contributed by atoms with E-state index in [-0.39, 0.29) is 24.0 Å².